The molecule has 1 saturated heterocycles. The van der Waals surface area contributed by atoms with E-state index in [4.69, 9.17) is 11.6 Å². The molecule has 1 aromatic rings. The van der Waals surface area contributed by atoms with E-state index in [1.807, 2.05) is 4.90 Å². The van der Waals surface area contributed by atoms with Gasteiger partial charge in [-0.15, -0.1) is 0 Å². The fraction of sp³-hybridized carbons (Fsp3) is 0.632. The quantitative estimate of drug-likeness (QED) is 0.804. The van der Waals surface area contributed by atoms with Gasteiger partial charge in [-0.3, -0.25) is 9.69 Å². The van der Waals surface area contributed by atoms with Gasteiger partial charge in [0.2, 0.25) is 15.9 Å². The number of hydrogen-bond acceptors (Lipinski definition) is 4. The third kappa shape index (κ3) is 5.22. The number of nitrogens with one attached hydrogen (secondary N) is 1. The topological polar surface area (TPSA) is 69.7 Å². The van der Waals surface area contributed by atoms with Crippen molar-refractivity contribution in [2.75, 3.05) is 32.7 Å². The lowest BCUT2D eigenvalue weighted by atomic mass is 9.86. The molecule has 0 spiro atoms. The molecule has 8 heteroatoms. The Kier molecular flexibility index (Phi) is 6.78. The largest absolute Gasteiger partial charge is 0.352 e. The summed E-state index contributed by atoms with van der Waals surface area (Å²) in [6, 6.07) is 6.61. The zero-order valence-electron chi connectivity index (χ0n) is 15.7. The van der Waals surface area contributed by atoms with E-state index in [1.54, 1.807) is 18.2 Å². The normalized spacial score (nSPS) is 25.3. The third-order valence-electron chi connectivity index (χ3n) is 5.59. The minimum atomic E-state index is -3.54. The van der Waals surface area contributed by atoms with Gasteiger partial charge in [-0.1, -0.05) is 37.4 Å². The molecule has 0 radical (unpaired) electrons. The van der Waals surface area contributed by atoms with E-state index in [1.165, 1.54) is 29.6 Å². The van der Waals surface area contributed by atoms with Crippen molar-refractivity contribution in [3.8, 4) is 0 Å². The van der Waals surface area contributed by atoms with E-state index in [0.717, 1.165) is 6.42 Å². The van der Waals surface area contributed by atoms with Crippen molar-refractivity contribution in [3.05, 3.63) is 29.3 Å². The van der Waals surface area contributed by atoms with Gasteiger partial charge in [0.05, 0.1) is 11.4 Å². The Hall–Kier alpha value is -1.15. The molecule has 27 heavy (non-hydrogen) atoms. The molecule has 150 valence electrons. The average Bonchev–Trinajstić information content (AvgIpc) is 2.64. The van der Waals surface area contributed by atoms with Gasteiger partial charge in [-0.05, 0) is 37.0 Å². The van der Waals surface area contributed by atoms with Gasteiger partial charge in [-0.25, -0.2) is 8.42 Å². The molecule has 2 atom stereocenters. The number of sulfonamides is 1. The molecule has 1 aliphatic heterocycles. The zero-order chi connectivity index (χ0) is 19.4. The predicted octanol–water partition coefficient (Wildman–Crippen LogP) is 2.34. The molecule has 1 heterocycles. The highest BCUT2D eigenvalue weighted by Crippen LogP contribution is 2.24. The lowest BCUT2D eigenvalue weighted by Gasteiger charge is -2.34. The van der Waals surface area contributed by atoms with Crippen LogP contribution in [0.4, 0.5) is 0 Å². The van der Waals surface area contributed by atoms with Crippen molar-refractivity contribution in [1.29, 1.82) is 0 Å². The molecule has 2 aliphatic rings. The molecule has 0 bridgehead atoms. The number of carbonyl (C=O) groups excluding carboxylic acids is 1. The van der Waals surface area contributed by atoms with Crippen LogP contribution in [0.1, 0.15) is 32.6 Å². The minimum Gasteiger partial charge on any atom is -0.352 e. The first-order chi connectivity index (χ1) is 12.9. The number of rotatable bonds is 5. The standard InChI is InChI=1S/C19H28ClN3O3S/c1-15-5-2-3-8-18(15)21-19(24)14-22-9-11-23(12-10-22)27(25,26)17-7-4-6-16(20)13-17/h4,6-7,13,15,18H,2-3,5,8-12,14H2,1H3,(H,21,24)/t15-,18-/m1/s1. The summed E-state index contributed by atoms with van der Waals surface area (Å²) in [5.41, 5.74) is 0. The number of piperazine rings is 1. The summed E-state index contributed by atoms with van der Waals surface area (Å²) in [7, 11) is -3.54. The van der Waals surface area contributed by atoms with Crippen molar-refractivity contribution in [2.45, 2.75) is 43.5 Å². The fourth-order valence-electron chi connectivity index (χ4n) is 3.89. The first-order valence-corrected chi connectivity index (χ1v) is 11.5. The van der Waals surface area contributed by atoms with Gasteiger partial charge in [0.25, 0.3) is 0 Å². The smallest absolute Gasteiger partial charge is 0.243 e. The van der Waals surface area contributed by atoms with Gasteiger partial charge in [-0.2, -0.15) is 4.31 Å². The average molecular weight is 414 g/mol. The molecule has 0 aromatic heterocycles. The van der Waals surface area contributed by atoms with E-state index in [0.29, 0.717) is 43.7 Å². The highest BCUT2D eigenvalue weighted by Gasteiger charge is 2.30. The number of amides is 1. The van der Waals surface area contributed by atoms with Gasteiger partial charge < -0.3 is 5.32 Å². The maximum absolute atomic E-state index is 12.7. The van der Waals surface area contributed by atoms with Crippen LogP contribution in [0.5, 0.6) is 0 Å². The monoisotopic (exact) mass is 413 g/mol. The second-order valence-electron chi connectivity index (χ2n) is 7.57. The highest BCUT2D eigenvalue weighted by molar-refractivity contribution is 7.89. The van der Waals surface area contributed by atoms with E-state index >= 15 is 0 Å². The first kappa shape index (κ1) is 20.6. The summed E-state index contributed by atoms with van der Waals surface area (Å²) in [6.45, 7) is 4.38. The summed E-state index contributed by atoms with van der Waals surface area (Å²) >= 11 is 5.92. The summed E-state index contributed by atoms with van der Waals surface area (Å²) in [6.07, 6.45) is 4.65. The Bertz CT molecular complexity index is 763. The van der Waals surface area contributed by atoms with Crippen LogP contribution in [0.15, 0.2) is 29.2 Å². The molecule has 0 unspecified atom stereocenters. The summed E-state index contributed by atoms with van der Waals surface area (Å²) in [5.74, 6) is 0.572. The van der Waals surface area contributed by atoms with Gasteiger partial charge >= 0.3 is 0 Å². The Morgan fingerprint density at radius 1 is 1.19 bits per heavy atom. The lowest BCUT2D eigenvalue weighted by Crippen LogP contribution is -2.52. The van der Waals surface area contributed by atoms with Crippen LogP contribution in [-0.2, 0) is 14.8 Å². The van der Waals surface area contributed by atoms with Crippen molar-refractivity contribution in [3.63, 3.8) is 0 Å². The Balaban J connectivity index is 1.50. The summed E-state index contributed by atoms with van der Waals surface area (Å²) < 4.78 is 26.9. The second-order valence-corrected chi connectivity index (χ2v) is 9.95. The van der Waals surface area contributed by atoms with Gasteiger partial charge in [0, 0.05) is 37.2 Å². The van der Waals surface area contributed by atoms with E-state index < -0.39 is 10.0 Å². The molecule has 1 saturated carbocycles. The first-order valence-electron chi connectivity index (χ1n) is 9.64. The molecular weight excluding hydrogens is 386 g/mol. The zero-order valence-corrected chi connectivity index (χ0v) is 17.3. The SMILES string of the molecule is C[C@@H]1CCCC[C@H]1NC(=O)CN1CCN(S(=O)(=O)c2cccc(Cl)c2)CC1. The van der Waals surface area contributed by atoms with Crippen LogP contribution in [0.2, 0.25) is 5.02 Å². The van der Waals surface area contributed by atoms with E-state index in [2.05, 4.69) is 12.2 Å². The number of carbonyl (C=O) groups is 1. The molecule has 6 nitrogen and oxygen atoms in total. The fourth-order valence-corrected chi connectivity index (χ4v) is 5.61. The van der Waals surface area contributed by atoms with Crippen LogP contribution in [0, 0.1) is 5.92 Å². The lowest BCUT2D eigenvalue weighted by molar-refractivity contribution is -0.123. The number of hydrogen-bond donors (Lipinski definition) is 1. The minimum absolute atomic E-state index is 0.0416. The Labute approximate surface area is 166 Å². The molecule has 2 fully saturated rings. The van der Waals surface area contributed by atoms with Crippen LogP contribution in [-0.4, -0.2) is 62.3 Å². The molecular formula is C19H28ClN3O3S. The summed E-state index contributed by atoms with van der Waals surface area (Å²) in [4.78, 5) is 14.6. The van der Waals surface area contributed by atoms with E-state index in [-0.39, 0.29) is 16.8 Å². The van der Waals surface area contributed by atoms with Gasteiger partial charge in [0.15, 0.2) is 0 Å². The molecule has 3 rings (SSSR count). The van der Waals surface area contributed by atoms with E-state index in [9.17, 15) is 13.2 Å². The predicted molar refractivity (Wildman–Crippen MR) is 106 cm³/mol. The van der Waals surface area contributed by atoms with Crippen molar-refractivity contribution < 1.29 is 13.2 Å². The third-order valence-corrected chi connectivity index (χ3v) is 7.72. The van der Waals surface area contributed by atoms with Gasteiger partial charge in [0.1, 0.15) is 0 Å². The Morgan fingerprint density at radius 2 is 1.89 bits per heavy atom. The molecule has 1 N–H and O–H groups in total. The number of nitrogens with zero attached hydrogens (tertiary/aromatic N) is 2. The highest BCUT2D eigenvalue weighted by atomic mass is 35.5. The van der Waals surface area contributed by atoms with Crippen molar-refractivity contribution in [2.24, 2.45) is 5.92 Å². The molecule has 1 amide bonds. The number of benzene rings is 1. The maximum Gasteiger partial charge on any atom is 0.243 e. The number of halogens is 1. The Morgan fingerprint density at radius 3 is 2.56 bits per heavy atom. The maximum atomic E-state index is 12.7. The van der Waals surface area contributed by atoms with Crippen molar-refractivity contribution >= 4 is 27.5 Å². The van der Waals surface area contributed by atoms with Crippen LogP contribution in [0.25, 0.3) is 0 Å². The van der Waals surface area contributed by atoms with Crippen LogP contribution >= 0.6 is 11.6 Å². The molecule has 1 aliphatic carbocycles. The van der Waals surface area contributed by atoms with Crippen LogP contribution < -0.4 is 5.32 Å². The second kappa shape index (κ2) is 8.90. The summed E-state index contributed by atoms with van der Waals surface area (Å²) in [5, 5.41) is 3.57. The molecule has 1 aromatic carbocycles. The van der Waals surface area contributed by atoms with Crippen molar-refractivity contribution in [1.82, 2.24) is 14.5 Å². The van der Waals surface area contributed by atoms with Crippen LogP contribution in [0.3, 0.4) is 0 Å².